The number of carbonyl (C=O) groups is 2. The van der Waals surface area contributed by atoms with Crippen molar-refractivity contribution in [2.45, 2.75) is 38.6 Å². The second-order valence-electron chi connectivity index (χ2n) is 7.09. The number of rotatable bonds is 2. The van der Waals surface area contributed by atoms with Gasteiger partial charge in [0.25, 0.3) is 0 Å². The van der Waals surface area contributed by atoms with Gasteiger partial charge in [-0.15, -0.1) is 0 Å². The van der Waals surface area contributed by atoms with Crippen molar-refractivity contribution in [2.24, 2.45) is 23.7 Å². The van der Waals surface area contributed by atoms with Crippen molar-refractivity contribution in [1.29, 1.82) is 0 Å². The van der Waals surface area contributed by atoms with Crippen molar-refractivity contribution >= 4 is 17.6 Å². The van der Waals surface area contributed by atoms with Crippen molar-refractivity contribution < 1.29 is 14.7 Å². The standard InChI is InChI=1S/C18H21NO3/c1-10-8-11-4-2-3-5-14(11)19(10)17(20)15-12-6-7-13(9-12)16(15)18(21)22/h2-5,10,12-13,15-16H,6-9H2,1H3,(H,21,22)/p-1/t10-,12-,13+,15+,16+/m1/s1. The Labute approximate surface area is 130 Å². The largest absolute Gasteiger partial charge is 0.550 e. The monoisotopic (exact) mass is 298 g/mol. The minimum atomic E-state index is -1.04. The molecule has 4 heteroatoms. The molecule has 3 aliphatic rings. The first-order valence-electron chi connectivity index (χ1n) is 8.19. The molecule has 1 aromatic carbocycles. The summed E-state index contributed by atoms with van der Waals surface area (Å²) in [5, 5.41) is 11.6. The molecule has 5 atom stereocenters. The molecule has 2 aliphatic carbocycles. The van der Waals surface area contributed by atoms with Crippen LogP contribution in [0.1, 0.15) is 31.7 Å². The Balaban J connectivity index is 1.68. The number of hydrogen-bond acceptors (Lipinski definition) is 3. The minimum Gasteiger partial charge on any atom is -0.550 e. The van der Waals surface area contributed by atoms with Gasteiger partial charge in [-0.1, -0.05) is 18.2 Å². The molecular weight excluding hydrogens is 278 g/mol. The molecule has 4 rings (SSSR count). The van der Waals surface area contributed by atoms with Crippen LogP contribution in [0.2, 0.25) is 0 Å². The summed E-state index contributed by atoms with van der Waals surface area (Å²) in [6.07, 6.45) is 3.63. The van der Waals surface area contributed by atoms with Crippen molar-refractivity contribution in [2.75, 3.05) is 4.90 Å². The van der Waals surface area contributed by atoms with Crippen molar-refractivity contribution in [1.82, 2.24) is 0 Å². The Morgan fingerprint density at radius 2 is 1.82 bits per heavy atom. The zero-order valence-corrected chi connectivity index (χ0v) is 12.7. The Morgan fingerprint density at radius 1 is 1.14 bits per heavy atom. The van der Waals surface area contributed by atoms with E-state index >= 15 is 0 Å². The highest BCUT2D eigenvalue weighted by Crippen LogP contribution is 2.53. The van der Waals surface area contributed by atoms with Gasteiger partial charge in [0, 0.05) is 29.5 Å². The number of aliphatic carboxylic acids is 1. The molecule has 1 aromatic rings. The van der Waals surface area contributed by atoms with Gasteiger partial charge in [-0.3, -0.25) is 4.79 Å². The van der Waals surface area contributed by atoms with Crippen LogP contribution in [0.15, 0.2) is 24.3 Å². The van der Waals surface area contributed by atoms with Crippen LogP contribution in [0, 0.1) is 23.7 Å². The van der Waals surface area contributed by atoms with Crippen LogP contribution in [-0.2, 0) is 16.0 Å². The van der Waals surface area contributed by atoms with Crippen molar-refractivity contribution in [3.8, 4) is 0 Å². The topological polar surface area (TPSA) is 60.4 Å². The number of amides is 1. The fourth-order valence-electron chi connectivity index (χ4n) is 5.05. The predicted octanol–water partition coefficient (Wildman–Crippen LogP) is 1.38. The summed E-state index contributed by atoms with van der Waals surface area (Å²) in [7, 11) is 0. The molecule has 0 N–H and O–H groups in total. The van der Waals surface area contributed by atoms with Crippen LogP contribution >= 0.6 is 0 Å². The van der Waals surface area contributed by atoms with Gasteiger partial charge >= 0.3 is 0 Å². The molecule has 116 valence electrons. The first kappa shape index (κ1) is 13.8. The summed E-state index contributed by atoms with van der Waals surface area (Å²) >= 11 is 0. The molecule has 0 radical (unpaired) electrons. The van der Waals surface area contributed by atoms with Gasteiger partial charge in [-0.25, -0.2) is 0 Å². The lowest BCUT2D eigenvalue weighted by atomic mass is 9.78. The Morgan fingerprint density at radius 3 is 2.55 bits per heavy atom. The van der Waals surface area contributed by atoms with E-state index in [1.54, 1.807) is 0 Å². The molecular formula is C18H20NO3-. The lowest BCUT2D eigenvalue weighted by Gasteiger charge is -2.35. The molecule has 2 bridgehead atoms. The molecule has 1 aliphatic heterocycles. The van der Waals surface area contributed by atoms with Crippen LogP contribution in [0.4, 0.5) is 5.69 Å². The number of hydrogen-bond donors (Lipinski definition) is 0. The van der Waals surface area contributed by atoms with E-state index in [-0.39, 0.29) is 23.8 Å². The third kappa shape index (κ3) is 1.82. The highest BCUT2D eigenvalue weighted by atomic mass is 16.4. The number of nitrogens with zero attached hydrogens (tertiary/aromatic N) is 1. The van der Waals surface area contributed by atoms with Crippen LogP contribution in [0.25, 0.3) is 0 Å². The molecule has 2 fully saturated rings. The average Bonchev–Trinajstić information content (AvgIpc) is 3.17. The summed E-state index contributed by atoms with van der Waals surface area (Å²) < 4.78 is 0. The van der Waals surface area contributed by atoms with E-state index in [4.69, 9.17) is 0 Å². The number of para-hydroxylation sites is 1. The van der Waals surface area contributed by atoms with Crippen molar-refractivity contribution in [3.05, 3.63) is 29.8 Å². The quantitative estimate of drug-likeness (QED) is 0.828. The van der Waals surface area contributed by atoms with Gasteiger partial charge in [0.2, 0.25) is 5.91 Å². The molecule has 0 spiro atoms. The van der Waals surface area contributed by atoms with E-state index in [0.29, 0.717) is 0 Å². The van der Waals surface area contributed by atoms with Crippen LogP contribution in [0.3, 0.4) is 0 Å². The van der Waals surface area contributed by atoms with Gasteiger partial charge in [-0.2, -0.15) is 0 Å². The fraction of sp³-hybridized carbons (Fsp3) is 0.556. The maximum Gasteiger partial charge on any atom is 0.231 e. The molecule has 0 aromatic heterocycles. The lowest BCUT2D eigenvalue weighted by Crippen LogP contribution is -2.48. The Kier molecular flexibility index (Phi) is 3.03. The van der Waals surface area contributed by atoms with Crippen LogP contribution in [-0.4, -0.2) is 17.9 Å². The van der Waals surface area contributed by atoms with Crippen LogP contribution in [0.5, 0.6) is 0 Å². The van der Waals surface area contributed by atoms with Crippen LogP contribution < -0.4 is 10.0 Å². The van der Waals surface area contributed by atoms with E-state index in [1.807, 2.05) is 30.0 Å². The minimum absolute atomic E-state index is 0.00106. The number of carbonyl (C=O) groups excluding carboxylic acids is 2. The average molecular weight is 298 g/mol. The number of carboxylic acid groups (broad SMARTS) is 1. The van der Waals surface area contributed by atoms with E-state index < -0.39 is 17.8 Å². The molecule has 1 heterocycles. The number of fused-ring (bicyclic) bond motifs is 3. The highest BCUT2D eigenvalue weighted by Gasteiger charge is 2.53. The maximum absolute atomic E-state index is 13.2. The smallest absolute Gasteiger partial charge is 0.231 e. The molecule has 2 saturated carbocycles. The highest BCUT2D eigenvalue weighted by molar-refractivity contribution is 6.00. The van der Waals surface area contributed by atoms with E-state index in [9.17, 15) is 14.7 Å². The summed E-state index contributed by atoms with van der Waals surface area (Å²) in [5.41, 5.74) is 2.14. The van der Waals surface area contributed by atoms with Gasteiger partial charge in [0.15, 0.2) is 0 Å². The van der Waals surface area contributed by atoms with Gasteiger partial charge in [-0.05, 0) is 56.1 Å². The number of anilines is 1. The maximum atomic E-state index is 13.2. The summed E-state index contributed by atoms with van der Waals surface area (Å²) in [6, 6.07) is 8.05. The first-order valence-corrected chi connectivity index (χ1v) is 8.19. The van der Waals surface area contributed by atoms with Crippen molar-refractivity contribution in [3.63, 3.8) is 0 Å². The SMILES string of the molecule is C[C@@H]1Cc2ccccc2N1C(=O)[C@H]1[C@@H]2CC[C@@H](C2)[C@@H]1C(=O)[O-]. The fourth-order valence-corrected chi connectivity index (χ4v) is 5.05. The second kappa shape index (κ2) is 4.83. The normalized spacial score (nSPS) is 35.7. The third-order valence-electron chi connectivity index (χ3n) is 5.92. The van der Waals surface area contributed by atoms with Gasteiger partial charge in [0.05, 0.1) is 0 Å². The molecule has 4 nitrogen and oxygen atoms in total. The second-order valence-corrected chi connectivity index (χ2v) is 7.09. The van der Waals surface area contributed by atoms with E-state index in [0.717, 1.165) is 31.4 Å². The predicted molar refractivity (Wildman–Crippen MR) is 79.9 cm³/mol. The van der Waals surface area contributed by atoms with Gasteiger partial charge < -0.3 is 14.8 Å². The summed E-state index contributed by atoms with van der Waals surface area (Å²) in [5.74, 6) is -1.66. The van der Waals surface area contributed by atoms with E-state index in [2.05, 4.69) is 6.07 Å². The molecule has 1 amide bonds. The zero-order chi connectivity index (χ0) is 15.4. The van der Waals surface area contributed by atoms with Gasteiger partial charge in [0.1, 0.15) is 0 Å². The summed E-state index contributed by atoms with van der Waals surface area (Å²) in [6.45, 7) is 2.04. The molecule has 22 heavy (non-hydrogen) atoms. The summed E-state index contributed by atoms with van der Waals surface area (Å²) in [4.78, 5) is 26.6. The van der Waals surface area contributed by atoms with E-state index in [1.165, 1.54) is 5.56 Å². The third-order valence-corrected chi connectivity index (χ3v) is 5.92. The Bertz CT molecular complexity index is 641. The first-order chi connectivity index (χ1) is 10.6. The Hall–Kier alpha value is -1.84. The number of carboxylic acids is 1. The molecule has 0 unspecified atom stereocenters. The zero-order valence-electron chi connectivity index (χ0n) is 12.7. The molecule has 0 saturated heterocycles. The lowest BCUT2D eigenvalue weighted by molar-refractivity contribution is -0.314. The number of benzene rings is 1.